The van der Waals surface area contributed by atoms with Crippen molar-refractivity contribution in [2.75, 3.05) is 0 Å². The Balaban J connectivity index is 0.000000471. The summed E-state index contributed by atoms with van der Waals surface area (Å²) in [6.45, 7) is 0. The zero-order valence-corrected chi connectivity index (χ0v) is 17.4. The molecule has 1 heterocycles. The first-order valence-electron chi connectivity index (χ1n) is 7.22. The average molecular weight is 457 g/mol. The summed E-state index contributed by atoms with van der Waals surface area (Å²) >= 11 is -2.13. The van der Waals surface area contributed by atoms with Crippen LogP contribution in [0.1, 0.15) is 17.3 Å². The Hall–Kier alpha value is -0.857. The van der Waals surface area contributed by atoms with E-state index in [-0.39, 0.29) is 6.04 Å². The summed E-state index contributed by atoms with van der Waals surface area (Å²) in [6.07, 6.45) is 1.81. The molecule has 2 nitrogen and oxygen atoms in total. The van der Waals surface area contributed by atoms with Gasteiger partial charge < -0.3 is 5.32 Å². The zero-order chi connectivity index (χ0) is 17.2. The summed E-state index contributed by atoms with van der Waals surface area (Å²) in [5.41, 5.74) is 3.07. The third kappa shape index (κ3) is 6.95. The molecule has 0 aliphatic heterocycles. The Bertz CT molecular complexity index is 655. The fraction of sp³-hybridized carbons (Fsp3) is 0.0556. The predicted octanol–water partition coefficient (Wildman–Crippen LogP) is 6.94. The number of para-hydroxylation sites is 1. The monoisotopic (exact) mass is 454 g/mol. The van der Waals surface area contributed by atoms with Gasteiger partial charge in [-0.05, 0) is 18.2 Å². The molecule has 0 aliphatic carbocycles. The number of nitrogens with zero attached hydrogens (tertiary/aromatic N) is 2. The molecule has 0 bridgehead atoms. The Morgan fingerprint density at radius 3 is 1.83 bits per heavy atom. The molecular weight excluding hydrogens is 442 g/mol. The van der Waals surface area contributed by atoms with E-state index in [0.717, 1.165) is 16.9 Å². The van der Waals surface area contributed by atoms with E-state index in [1.165, 1.54) is 0 Å². The maximum Gasteiger partial charge on any atom is 0.0302 e. The summed E-state index contributed by atoms with van der Waals surface area (Å²) in [6, 6.07) is 26.2. The minimum Gasteiger partial charge on any atom is -0.673 e. The normalized spacial score (nSPS) is 11.0. The van der Waals surface area contributed by atoms with Crippen molar-refractivity contribution >= 4 is 31.2 Å². The summed E-state index contributed by atoms with van der Waals surface area (Å²) in [7, 11) is 15.0. The van der Waals surface area contributed by atoms with Crippen LogP contribution in [0.5, 0.6) is 0 Å². The van der Waals surface area contributed by atoms with Crippen molar-refractivity contribution in [2.24, 2.45) is 0 Å². The van der Waals surface area contributed by atoms with Crippen molar-refractivity contribution in [3.05, 3.63) is 102 Å². The van der Waals surface area contributed by atoms with Gasteiger partial charge in [-0.15, -0.1) is 5.69 Å². The fourth-order valence-corrected chi connectivity index (χ4v) is 2.15. The van der Waals surface area contributed by atoms with Gasteiger partial charge >= 0.3 is 43.7 Å². The fourth-order valence-electron chi connectivity index (χ4n) is 2.15. The van der Waals surface area contributed by atoms with Crippen molar-refractivity contribution in [3.63, 3.8) is 0 Å². The van der Waals surface area contributed by atoms with Crippen molar-refractivity contribution < 1.29 is 18.2 Å². The Kier molecular flexibility index (Phi) is 8.84. The molecule has 1 aromatic heterocycles. The van der Waals surface area contributed by atoms with Crippen LogP contribution in [0.25, 0.3) is 5.32 Å². The van der Waals surface area contributed by atoms with E-state index in [9.17, 15) is 0 Å². The SMILES string of the molecule is [Cl][Zr]([Cl])[Cl].c1ccc([N-]C(c2ccccc2)c2ccccn2)cc1. The number of pyridine rings is 1. The second-order valence-electron chi connectivity index (χ2n) is 4.75. The van der Waals surface area contributed by atoms with Gasteiger partial charge in [0, 0.05) is 11.9 Å². The molecule has 0 spiro atoms. The molecule has 0 fully saturated rings. The van der Waals surface area contributed by atoms with Crippen LogP contribution in [0.15, 0.2) is 85.1 Å². The molecule has 24 heavy (non-hydrogen) atoms. The Morgan fingerprint density at radius 2 is 1.29 bits per heavy atom. The van der Waals surface area contributed by atoms with E-state index < -0.39 is 18.2 Å². The molecule has 3 aromatic rings. The van der Waals surface area contributed by atoms with Gasteiger partial charge in [0.2, 0.25) is 0 Å². The molecule has 6 heteroatoms. The molecule has 0 amide bonds. The Labute approximate surface area is 161 Å². The first-order chi connectivity index (χ1) is 11.7. The van der Waals surface area contributed by atoms with Crippen LogP contribution in [0.4, 0.5) is 5.69 Å². The smallest absolute Gasteiger partial charge is 0.0302 e. The number of hydrogen-bond acceptors (Lipinski definition) is 1. The number of benzene rings is 2. The summed E-state index contributed by atoms with van der Waals surface area (Å²) in [5, 5.41) is 4.84. The Morgan fingerprint density at radius 1 is 0.750 bits per heavy atom. The van der Waals surface area contributed by atoms with E-state index in [4.69, 9.17) is 30.9 Å². The van der Waals surface area contributed by atoms with Crippen molar-refractivity contribution in [1.29, 1.82) is 0 Å². The van der Waals surface area contributed by atoms with Crippen molar-refractivity contribution in [2.45, 2.75) is 6.04 Å². The molecule has 0 saturated carbocycles. The summed E-state index contributed by atoms with van der Waals surface area (Å²) in [4.78, 5) is 4.46. The second kappa shape index (κ2) is 10.9. The van der Waals surface area contributed by atoms with Crippen LogP contribution in [-0.2, 0) is 18.2 Å². The van der Waals surface area contributed by atoms with E-state index in [2.05, 4.69) is 17.1 Å². The van der Waals surface area contributed by atoms with Crippen molar-refractivity contribution in [1.82, 2.24) is 4.98 Å². The topological polar surface area (TPSA) is 27.0 Å². The van der Waals surface area contributed by atoms with Crippen LogP contribution in [-0.4, -0.2) is 4.98 Å². The van der Waals surface area contributed by atoms with E-state index in [1.54, 1.807) is 0 Å². The van der Waals surface area contributed by atoms with Gasteiger partial charge in [0.05, 0.1) is 0 Å². The zero-order valence-electron chi connectivity index (χ0n) is 12.7. The van der Waals surface area contributed by atoms with Gasteiger partial charge in [-0.1, -0.05) is 72.3 Å². The molecule has 0 radical (unpaired) electrons. The maximum absolute atomic E-state index is 5.00. The molecule has 123 valence electrons. The van der Waals surface area contributed by atoms with Gasteiger partial charge in [-0.25, -0.2) is 0 Å². The first-order valence-corrected chi connectivity index (χ1v) is 16.7. The minimum absolute atomic E-state index is 0.0696. The van der Waals surface area contributed by atoms with Crippen LogP contribution in [0, 0.1) is 0 Å². The number of hydrogen-bond donors (Lipinski definition) is 0. The third-order valence-electron chi connectivity index (χ3n) is 3.12. The van der Waals surface area contributed by atoms with Crippen LogP contribution in [0.3, 0.4) is 0 Å². The molecule has 2 aromatic carbocycles. The third-order valence-corrected chi connectivity index (χ3v) is 3.12. The van der Waals surface area contributed by atoms with Gasteiger partial charge in [0.25, 0.3) is 0 Å². The minimum atomic E-state index is -2.13. The largest absolute Gasteiger partial charge is 0.673 e. The van der Waals surface area contributed by atoms with Gasteiger partial charge in [-0.2, -0.15) is 0 Å². The number of rotatable bonds is 4. The van der Waals surface area contributed by atoms with Crippen LogP contribution < -0.4 is 0 Å². The predicted molar refractivity (Wildman–Crippen MR) is 99.5 cm³/mol. The molecular formula is C18H15Cl3N2Zr-. The second-order valence-corrected chi connectivity index (χ2v) is 15.9. The molecule has 1 atom stereocenters. The molecule has 3 rings (SSSR count). The molecule has 0 N–H and O–H groups in total. The first kappa shape index (κ1) is 19.5. The van der Waals surface area contributed by atoms with Gasteiger partial charge in [0.15, 0.2) is 0 Å². The molecule has 0 saturated heterocycles. The van der Waals surface area contributed by atoms with Crippen LogP contribution >= 0.6 is 25.5 Å². The van der Waals surface area contributed by atoms with E-state index >= 15 is 0 Å². The summed E-state index contributed by atoms with van der Waals surface area (Å²) < 4.78 is 0. The summed E-state index contributed by atoms with van der Waals surface area (Å²) in [5.74, 6) is 0. The van der Waals surface area contributed by atoms with Gasteiger partial charge in [0.1, 0.15) is 0 Å². The van der Waals surface area contributed by atoms with Gasteiger partial charge in [-0.3, -0.25) is 4.98 Å². The number of halogens is 3. The maximum atomic E-state index is 5.00. The van der Waals surface area contributed by atoms with Crippen molar-refractivity contribution in [3.8, 4) is 0 Å². The van der Waals surface area contributed by atoms with E-state index in [0.29, 0.717) is 0 Å². The van der Waals surface area contributed by atoms with Crippen LogP contribution in [0.2, 0.25) is 0 Å². The molecule has 1 unspecified atom stereocenters. The quantitative estimate of drug-likeness (QED) is 0.417. The van der Waals surface area contributed by atoms with E-state index in [1.807, 2.05) is 72.9 Å². The average Bonchev–Trinajstić information content (AvgIpc) is 2.62. The standard InChI is InChI=1S/C18H15N2.3ClH.Zr/c1-3-9-15(10-4-1)18(17-13-7-8-14-19-17)20-16-11-5-2-6-12-16;;;;/h1-14,18H;3*1H;/q-1;;;;+3/p-3. The molecule has 0 aliphatic rings. The number of aromatic nitrogens is 1.